The summed E-state index contributed by atoms with van der Waals surface area (Å²) in [5.41, 5.74) is 2.43. The number of nitrogens with zero attached hydrogens (tertiary/aromatic N) is 1. The maximum atomic E-state index is 3.95. The molecule has 0 saturated carbocycles. The second kappa shape index (κ2) is 3.20. The predicted molar refractivity (Wildman–Crippen MR) is 41.0 cm³/mol. The van der Waals surface area contributed by atoms with Gasteiger partial charge in [-0.2, -0.15) is 0 Å². The first-order valence-electron chi connectivity index (χ1n) is 3.13. The van der Waals surface area contributed by atoms with Gasteiger partial charge in [0.25, 0.3) is 0 Å². The minimum atomic E-state index is 0.962. The Morgan fingerprint density at radius 3 is 2.90 bits per heavy atom. The van der Waals surface area contributed by atoms with Crippen LogP contribution in [0.25, 0.3) is 0 Å². The van der Waals surface area contributed by atoms with Crippen LogP contribution in [-0.2, 0) is 19.4 Å². The molecule has 1 nitrogen and oxygen atoms in total. The van der Waals surface area contributed by atoms with Crippen molar-refractivity contribution in [3.8, 4) is 0 Å². The summed E-state index contributed by atoms with van der Waals surface area (Å²) in [5, 5.41) is 0. The summed E-state index contributed by atoms with van der Waals surface area (Å²) < 4.78 is 1.40. The van der Waals surface area contributed by atoms with Crippen molar-refractivity contribution in [2.75, 3.05) is 0 Å². The van der Waals surface area contributed by atoms with Crippen LogP contribution in [0.2, 0.25) is 0 Å². The van der Waals surface area contributed by atoms with Crippen LogP contribution in [0.4, 0.5) is 0 Å². The van der Waals surface area contributed by atoms with Crippen molar-refractivity contribution in [1.82, 2.24) is 0 Å². The molecule has 0 fully saturated rings. The fourth-order valence-corrected chi connectivity index (χ4v) is 1.63. The van der Waals surface area contributed by atoms with Crippen LogP contribution in [0.15, 0.2) is 28.4 Å². The number of aliphatic imine (C=N–C) groups is 1. The zero-order chi connectivity index (χ0) is 7.56. The summed E-state index contributed by atoms with van der Waals surface area (Å²) in [6.07, 6.45) is 5.22. The number of hydrogen-bond donors (Lipinski definition) is 0. The van der Waals surface area contributed by atoms with Crippen molar-refractivity contribution in [2.45, 2.75) is 13.3 Å². The molecular formula is C8H9NW. The zero-order valence-corrected chi connectivity index (χ0v) is 8.86. The average molecular weight is 303 g/mol. The van der Waals surface area contributed by atoms with Crippen molar-refractivity contribution in [2.24, 2.45) is 4.99 Å². The van der Waals surface area contributed by atoms with Crippen molar-refractivity contribution < 1.29 is 19.4 Å². The molecule has 0 amide bonds. The van der Waals surface area contributed by atoms with Crippen LogP contribution in [0.5, 0.6) is 0 Å². The quantitative estimate of drug-likeness (QED) is 0.688. The van der Waals surface area contributed by atoms with E-state index in [4.69, 9.17) is 0 Å². The normalized spacial score (nSPS) is 16.1. The van der Waals surface area contributed by atoms with Gasteiger partial charge in [0.1, 0.15) is 0 Å². The Morgan fingerprint density at radius 1 is 1.80 bits per heavy atom. The summed E-state index contributed by atoms with van der Waals surface area (Å²) in [6, 6.07) is 0. The van der Waals surface area contributed by atoms with Gasteiger partial charge in [-0.15, -0.1) is 0 Å². The third-order valence-corrected chi connectivity index (χ3v) is 2.27. The van der Waals surface area contributed by atoms with E-state index in [1.165, 1.54) is 28.8 Å². The van der Waals surface area contributed by atoms with E-state index < -0.39 is 0 Å². The molecule has 2 heteroatoms. The Balaban J connectivity index is 2.97. The van der Waals surface area contributed by atoms with E-state index in [0.717, 1.165) is 12.1 Å². The van der Waals surface area contributed by atoms with Gasteiger partial charge in [-0.1, -0.05) is 0 Å². The molecule has 0 saturated heterocycles. The predicted octanol–water partition coefficient (Wildman–Crippen LogP) is 1.64. The number of allylic oxidation sites excluding steroid dienone is 3. The van der Waals surface area contributed by atoms with Gasteiger partial charge in [-0.05, 0) is 0 Å². The Bertz CT molecular complexity index is 236. The van der Waals surface area contributed by atoms with Gasteiger partial charge in [0.05, 0.1) is 0 Å². The minimum absolute atomic E-state index is 0.962. The molecule has 0 bridgehead atoms. The second-order valence-corrected chi connectivity index (χ2v) is 4.38. The van der Waals surface area contributed by atoms with Gasteiger partial charge in [-0.25, -0.2) is 0 Å². The molecule has 0 aromatic heterocycles. The number of rotatable bonds is 2. The molecule has 10 heavy (non-hydrogen) atoms. The second-order valence-electron chi connectivity index (χ2n) is 2.18. The summed E-state index contributed by atoms with van der Waals surface area (Å²) in [6.45, 7) is 5.65. The molecule has 1 aliphatic carbocycles. The molecule has 0 aliphatic heterocycles. The third-order valence-electron chi connectivity index (χ3n) is 1.48. The molecule has 0 atom stereocenters. The molecule has 52 valence electrons. The monoisotopic (exact) mass is 303 g/mol. The summed E-state index contributed by atoms with van der Waals surface area (Å²) >= 11 is 1.51. The topological polar surface area (TPSA) is 12.4 Å². The van der Waals surface area contributed by atoms with Crippen molar-refractivity contribution in [3.63, 3.8) is 0 Å². The van der Waals surface area contributed by atoms with Crippen LogP contribution in [0.1, 0.15) is 13.3 Å². The van der Waals surface area contributed by atoms with Gasteiger partial charge in [0.15, 0.2) is 0 Å². The van der Waals surface area contributed by atoms with Gasteiger partial charge in [-0.3, -0.25) is 0 Å². The number of hydrogen-bond acceptors (Lipinski definition) is 1. The molecule has 0 N–H and O–H groups in total. The Morgan fingerprint density at radius 2 is 2.50 bits per heavy atom. The van der Waals surface area contributed by atoms with Gasteiger partial charge < -0.3 is 0 Å². The summed E-state index contributed by atoms with van der Waals surface area (Å²) in [7, 11) is 0. The van der Waals surface area contributed by atoms with E-state index >= 15 is 0 Å². The van der Waals surface area contributed by atoms with E-state index in [9.17, 15) is 0 Å². The third kappa shape index (κ3) is 1.41. The SMILES string of the molecule is C=NC1=C([C](C)=[W])C=CC1. The standard InChI is InChI=1S/C8H9N.W/c1-3-7-5-4-6-8(7)9-2;/h4-5H,2,6H2,1H3;. The van der Waals surface area contributed by atoms with Gasteiger partial charge >= 0.3 is 71.7 Å². The first kappa shape index (κ1) is 7.81. The molecule has 0 radical (unpaired) electrons. The molecule has 0 unspecified atom stereocenters. The van der Waals surface area contributed by atoms with Crippen LogP contribution in [0.3, 0.4) is 0 Å². The van der Waals surface area contributed by atoms with Crippen molar-refractivity contribution in [3.05, 3.63) is 23.4 Å². The fourth-order valence-electron chi connectivity index (χ4n) is 0.965. The fraction of sp³-hybridized carbons (Fsp3) is 0.250. The van der Waals surface area contributed by atoms with Crippen LogP contribution in [0, 0.1) is 0 Å². The zero-order valence-electron chi connectivity index (χ0n) is 5.92. The van der Waals surface area contributed by atoms with Crippen LogP contribution in [-0.4, -0.2) is 10.6 Å². The molecular weight excluding hydrogens is 294 g/mol. The Labute approximate surface area is 72.0 Å². The van der Waals surface area contributed by atoms with Crippen molar-refractivity contribution >= 4 is 10.6 Å². The van der Waals surface area contributed by atoms with Gasteiger partial charge in [0, 0.05) is 0 Å². The van der Waals surface area contributed by atoms with E-state index in [1.807, 2.05) is 0 Å². The van der Waals surface area contributed by atoms with Gasteiger partial charge in [0.2, 0.25) is 0 Å². The van der Waals surface area contributed by atoms with E-state index in [-0.39, 0.29) is 0 Å². The maximum absolute atomic E-state index is 3.95. The molecule has 0 aromatic carbocycles. The average Bonchev–Trinajstić information content (AvgIpc) is 2.33. The molecule has 1 rings (SSSR count). The summed E-state index contributed by atoms with van der Waals surface area (Å²) in [4.78, 5) is 3.95. The Hall–Kier alpha value is -0.292. The first-order valence-corrected chi connectivity index (χ1v) is 4.59. The van der Waals surface area contributed by atoms with E-state index in [1.54, 1.807) is 0 Å². The summed E-state index contributed by atoms with van der Waals surface area (Å²) in [5.74, 6) is 0. The first-order chi connectivity index (χ1) is 4.75. The molecule has 0 aromatic rings. The molecule has 0 heterocycles. The van der Waals surface area contributed by atoms with Crippen LogP contribution < -0.4 is 0 Å². The van der Waals surface area contributed by atoms with E-state index in [2.05, 4.69) is 30.8 Å². The Kier molecular flexibility index (Phi) is 2.50. The van der Waals surface area contributed by atoms with Crippen molar-refractivity contribution in [1.29, 1.82) is 0 Å². The van der Waals surface area contributed by atoms with E-state index in [0.29, 0.717) is 0 Å². The molecule has 0 spiro atoms. The van der Waals surface area contributed by atoms with Crippen LogP contribution >= 0.6 is 0 Å². The molecule has 1 aliphatic rings.